The fourth-order valence-corrected chi connectivity index (χ4v) is 4.57. The van der Waals surface area contributed by atoms with E-state index in [1.807, 2.05) is 25.7 Å². The van der Waals surface area contributed by atoms with Crippen molar-refractivity contribution >= 4 is 12.0 Å². The van der Waals surface area contributed by atoms with Crippen LogP contribution in [0.4, 0.5) is 4.79 Å². The van der Waals surface area contributed by atoms with Crippen LogP contribution >= 0.6 is 0 Å². The maximum atomic E-state index is 13.1. The molecule has 0 aromatic heterocycles. The molecule has 0 aromatic carbocycles. The van der Waals surface area contributed by atoms with Crippen LogP contribution < -0.4 is 11.1 Å². The average Bonchev–Trinajstić information content (AvgIpc) is 2.54. The number of rotatable bonds is 2. The summed E-state index contributed by atoms with van der Waals surface area (Å²) in [6.07, 6.45) is 6.99. The molecule has 0 unspecified atom stereocenters. The van der Waals surface area contributed by atoms with Gasteiger partial charge >= 0.3 is 6.09 Å². The number of nitrogens with one attached hydrogen (secondary N) is 1. The number of carbonyl (C=O) groups excluding carboxylic acids is 2. The SMILES string of the molecule is CC(C)(C)OC(=O)NC1CCN(C(=O)C23CCC(N)(CC2)CC3)CC1. The Kier molecular flexibility index (Phi) is 4.77. The highest BCUT2D eigenvalue weighted by atomic mass is 16.6. The second-order valence-electron chi connectivity index (χ2n) is 9.36. The second-order valence-corrected chi connectivity index (χ2v) is 9.36. The van der Waals surface area contributed by atoms with Crippen LogP contribution in [-0.2, 0) is 9.53 Å². The average molecular weight is 351 g/mol. The zero-order valence-corrected chi connectivity index (χ0v) is 15.9. The molecule has 0 spiro atoms. The van der Waals surface area contributed by atoms with Crippen molar-refractivity contribution in [1.82, 2.24) is 10.2 Å². The van der Waals surface area contributed by atoms with Gasteiger partial charge in [-0.15, -0.1) is 0 Å². The fourth-order valence-electron chi connectivity index (χ4n) is 4.57. The zero-order valence-electron chi connectivity index (χ0n) is 15.9. The monoisotopic (exact) mass is 351 g/mol. The molecular weight excluding hydrogens is 318 g/mol. The van der Waals surface area contributed by atoms with E-state index in [-0.39, 0.29) is 23.1 Å². The largest absolute Gasteiger partial charge is 0.444 e. The zero-order chi connectivity index (χ0) is 18.3. The van der Waals surface area contributed by atoms with Gasteiger partial charge in [0.25, 0.3) is 0 Å². The lowest BCUT2D eigenvalue weighted by molar-refractivity contribution is -0.150. The molecular formula is C19H33N3O3. The molecule has 6 heteroatoms. The van der Waals surface area contributed by atoms with Gasteiger partial charge < -0.3 is 20.7 Å². The van der Waals surface area contributed by atoms with Crippen LogP contribution in [0.1, 0.15) is 72.1 Å². The number of hydrogen-bond donors (Lipinski definition) is 2. The number of nitrogens with two attached hydrogens (primary N) is 1. The fraction of sp³-hybridized carbons (Fsp3) is 0.895. The van der Waals surface area contributed by atoms with Crippen molar-refractivity contribution in [3.63, 3.8) is 0 Å². The predicted octanol–water partition coefficient (Wildman–Crippen LogP) is 2.55. The Morgan fingerprint density at radius 2 is 1.56 bits per heavy atom. The van der Waals surface area contributed by atoms with E-state index < -0.39 is 5.60 Å². The van der Waals surface area contributed by atoms with Crippen molar-refractivity contribution < 1.29 is 14.3 Å². The molecule has 3 saturated carbocycles. The number of piperidine rings is 1. The molecule has 0 aromatic rings. The van der Waals surface area contributed by atoms with E-state index in [2.05, 4.69) is 5.32 Å². The van der Waals surface area contributed by atoms with Gasteiger partial charge in [0.1, 0.15) is 5.60 Å². The molecule has 0 radical (unpaired) electrons. The van der Waals surface area contributed by atoms with Crippen LogP contribution in [0.15, 0.2) is 0 Å². The number of amides is 2. The topological polar surface area (TPSA) is 84.7 Å². The summed E-state index contributed by atoms with van der Waals surface area (Å²) in [6.45, 7) is 7.01. The Morgan fingerprint density at radius 3 is 2.04 bits per heavy atom. The number of fused-ring (bicyclic) bond motifs is 3. The van der Waals surface area contributed by atoms with Crippen molar-refractivity contribution in [3.8, 4) is 0 Å². The van der Waals surface area contributed by atoms with Crippen LogP contribution in [-0.4, -0.2) is 47.2 Å². The Bertz CT molecular complexity index is 508. The number of alkyl carbamates (subject to hydrolysis) is 1. The quantitative estimate of drug-likeness (QED) is 0.801. The summed E-state index contributed by atoms with van der Waals surface area (Å²) in [6, 6.07) is 0.0887. The van der Waals surface area contributed by atoms with E-state index >= 15 is 0 Å². The molecule has 1 heterocycles. The summed E-state index contributed by atoms with van der Waals surface area (Å²) >= 11 is 0. The third-order valence-corrected chi connectivity index (χ3v) is 6.26. The molecule has 25 heavy (non-hydrogen) atoms. The summed E-state index contributed by atoms with van der Waals surface area (Å²) in [4.78, 5) is 27.0. The van der Waals surface area contributed by atoms with Gasteiger partial charge in [-0.1, -0.05) is 0 Å². The molecule has 4 aliphatic rings. The minimum Gasteiger partial charge on any atom is -0.444 e. The molecule has 4 rings (SSSR count). The lowest BCUT2D eigenvalue weighted by Crippen LogP contribution is -2.58. The van der Waals surface area contributed by atoms with Crippen LogP contribution in [0.25, 0.3) is 0 Å². The summed E-state index contributed by atoms with van der Waals surface area (Å²) < 4.78 is 5.32. The van der Waals surface area contributed by atoms with Gasteiger partial charge in [-0.2, -0.15) is 0 Å². The summed E-state index contributed by atoms with van der Waals surface area (Å²) in [5.41, 5.74) is 5.71. The lowest BCUT2D eigenvalue weighted by atomic mass is 9.57. The third-order valence-electron chi connectivity index (χ3n) is 6.26. The summed E-state index contributed by atoms with van der Waals surface area (Å²) in [5, 5.41) is 2.94. The van der Waals surface area contributed by atoms with Gasteiger partial charge in [0.05, 0.1) is 0 Å². The van der Waals surface area contributed by atoms with Crippen LogP contribution in [0.5, 0.6) is 0 Å². The molecule has 3 N–H and O–H groups in total. The van der Waals surface area contributed by atoms with Gasteiger partial charge in [0.15, 0.2) is 0 Å². The van der Waals surface area contributed by atoms with Gasteiger partial charge in [0, 0.05) is 30.1 Å². The highest BCUT2D eigenvalue weighted by molar-refractivity contribution is 5.83. The smallest absolute Gasteiger partial charge is 0.407 e. The van der Waals surface area contributed by atoms with Gasteiger partial charge in [-0.3, -0.25) is 4.79 Å². The van der Waals surface area contributed by atoms with E-state index in [1.54, 1.807) is 0 Å². The second kappa shape index (κ2) is 6.45. The number of likely N-dealkylation sites (tertiary alicyclic amines) is 1. The number of ether oxygens (including phenoxy) is 1. The molecule has 3 aliphatic carbocycles. The molecule has 142 valence electrons. The first-order valence-electron chi connectivity index (χ1n) is 9.69. The van der Waals surface area contributed by atoms with Crippen molar-refractivity contribution in [3.05, 3.63) is 0 Å². The van der Waals surface area contributed by atoms with Crippen molar-refractivity contribution in [2.45, 2.75) is 89.3 Å². The van der Waals surface area contributed by atoms with Gasteiger partial charge in [-0.05, 0) is 72.1 Å². The maximum Gasteiger partial charge on any atom is 0.407 e. The van der Waals surface area contributed by atoms with Crippen molar-refractivity contribution in [2.75, 3.05) is 13.1 Å². The lowest BCUT2D eigenvalue weighted by Gasteiger charge is -2.52. The first-order valence-corrected chi connectivity index (χ1v) is 9.69. The summed E-state index contributed by atoms with van der Waals surface area (Å²) in [5.74, 6) is 0.324. The van der Waals surface area contributed by atoms with Crippen molar-refractivity contribution in [1.29, 1.82) is 0 Å². The highest BCUT2D eigenvalue weighted by Crippen LogP contribution is 2.52. The molecule has 2 bridgehead atoms. The van der Waals surface area contributed by atoms with Gasteiger partial charge in [-0.25, -0.2) is 4.79 Å². The molecule has 6 nitrogen and oxygen atoms in total. The molecule has 4 fully saturated rings. The molecule has 2 amide bonds. The standard InChI is InChI=1S/C19H33N3O3/c1-17(2,3)25-16(24)21-14-4-12-22(13-5-14)15(23)18-6-9-19(20,10-7-18)11-8-18/h14H,4-13,20H2,1-3H3,(H,21,24). The van der Waals surface area contributed by atoms with E-state index in [9.17, 15) is 9.59 Å². The Hall–Kier alpha value is -1.30. The minimum atomic E-state index is -0.486. The maximum absolute atomic E-state index is 13.1. The normalized spacial score (nSPS) is 33.2. The number of hydrogen-bond acceptors (Lipinski definition) is 4. The Balaban J connectivity index is 1.49. The third kappa shape index (κ3) is 4.10. The van der Waals surface area contributed by atoms with Gasteiger partial charge in [0.2, 0.25) is 5.91 Å². The van der Waals surface area contributed by atoms with Crippen LogP contribution in [0.3, 0.4) is 0 Å². The van der Waals surface area contributed by atoms with E-state index in [1.165, 1.54) is 0 Å². The van der Waals surface area contributed by atoms with Crippen LogP contribution in [0, 0.1) is 5.41 Å². The highest BCUT2D eigenvalue weighted by Gasteiger charge is 2.52. The molecule has 1 aliphatic heterocycles. The predicted molar refractivity (Wildman–Crippen MR) is 96.0 cm³/mol. The first-order chi connectivity index (χ1) is 11.6. The van der Waals surface area contributed by atoms with E-state index in [0.29, 0.717) is 5.91 Å². The first kappa shape index (κ1) is 18.5. The number of carbonyl (C=O) groups is 2. The minimum absolute atomic E-state index is 0.00758. The van der Waals surface area contributed by atoms with E-state index in [4.69, 9.17) is 10.5 Å². The Labute approximate surface area is 150 Å². The molecule has 1 saturated heterocycles. The summed E-state index contributed by atoms with van der Waals surface area (Å²) in [7, 11) is 0. The molecule has 0 atom stereocenters. The van der Waals surface area contributed by atoms with E-state index in [0.717, 1.165) is 64.5 Å². The van der Waals surface area contributed by atoms with Crippen LogP contribution in [0.2, 0.25) is 0 Å². The van der Waals surface area contributed by atoms with Crippen molar-refractivity contribution in [2.24, 2.45) is 11.1 Å². The number of nitrogens with zero attached hydrogens (tertiary/aromatic N) is 1. The Morgan fingerprint density at radius 1 is 1.04 bits per heavy atom.